The number of aromatic nitrogens is 2. The Balaban J connectivity index is 1.31. The summed E-state index contributed by atoms with van der Waals surface area (Å²) in [7, 11) is 0.0451. The molecule has 2 aromatic rings. The summed E-state index contributed by atoms with van der Waals surface area (Å²) >= 11 is 0. The molecule has 1 atom stereocenters. The second-order valence-electron chi connectivity index (χ2n) is 11.4. The van der Waals surface area contributed by atoms with E-state index in [4.69, 9.17) is 9.16 Å². The van der Waals surface area contributed by atoms with Crippen molar-refractivity contribution >= 4 is 20.0 Å². The molecule has 7 nitrogen and oxygen atoms in total. The molecule has 1 fully saturated rings. The van der Waals surface area contributed by atoms with Crippen LogP contribution >= 0.6 is 0 Å². The first-order chi connectivity index (χ1) is 17.0. The third-order valence-corrected chi connectivity index (χ3v) is 12.3. The predicted octanol–water partition coefficient (Wildman–Crippen LogP) is 5.70. The summed E-state index contributed by atoms with van der Waals surface area (Å²) in [6, 6.07) is 11.2. The molecule has 1 aromatic heterocycles. The Kier molecular flexibility index (Phi) is 7.97. The zero-order valence-corrected chi connectivity index (χ0v) is 23.4. The van der Waals surface area contributed by atoms with Crippen molar-refractivity contribution in [3.8, 4) is 0 Å². The molecule has 0 bridgehead atoms. The van der Waals surface area contributed by atoms with Crippen LogP contribution in [-0.4, -0.2) is 53.7 Å². The van der Waals surface area contributed by atoms with Crippen molar-refractivity contribution in [2.24, 2.45) is 4.99 Å². The van der Waals surface area contributed by atoms with Crippen LogP contribution in [0.4, 0.5) is 0 Å². The molecular weight excluding hydrogens is 468 g/mol. The van der Waals surface area contributed by atoms with Gasteiger partial charge in [0.1, 0.15) is 12.4 Å². The first-order valence-corrected chi connectivity index (χ1v) is 15.8. The van der Waals surface area contributed by atoms with Gasteiger partial charge in [-0.1, -0.05) is 45.0 Å². The Hall–Kier alpha value is -2.55. The van der Waals surface area contributed by atoms with E-state index in [1.54, 1.807) is 30.3 Å². The Morgan fingerprint density at radius 1 is 1.06 bits per heavy atom. The molecule has 8 heteroatoms. The minimum Gasteiger partial charge on any atom is -0.462 e. The molecule has 1 unspecified atom stereocenters. The third kappa shape index (κ3) is 6.22. The zero-order chi connectivity index (χ0) is 25.9. The van der Waals surface area contributed by atoms with E-state index in [2.05, 4.69) is 73.1 Å². The average molecular weight is 509 g/mol. The molecular formula is C28H40N4O3Si. The molecule has 1 aromatic carbocycles. The van der Waals surface area contributed by atoms with Gasteiger partial charge in [0.25, 0.3) is 6.02 Å². The van der Waals surface area contributed by atoms with Crippen LogP contribution in [0.2, 0.25) is 18.1 Å². The van der Waals surface area contributed by atoms with Crippen molar-refractivity contribution in [2.45, 2.75) is 89.4 Å². The van der Waals surface area contributed by atoms with Crippen LogP contribution in [-0.2, 0) is 15.8 Å². The highest BCUT2D eigenvalue weighted by Gasteiger charge is 2.37. The van der Waals surface area contributed by atoms with Gasteiger partial charge in [-0.15, -0.1) is 0 Å². The summed E-state index contributed by atoms with van der Waals surface area (Å²) in [4.78, 5) is 14.5. The van der Waals surface area contributed by atoms with Crippen LogP contribution in [0.5, 0.6) is 0 Å². The second kappa shape index (κ2) is 10.8. The topological polar surface area (TPSA) is 80.1 Å². The van der Waals surface area contributed by atoms with Gasteiger partial charge < -0.3 is 19.2 Å². The van der Waals surface area contributed by atoms with Gasteiger partial charge in [0.05, 0.1) is 18.0 Å². The van der Waals surface area contributed by atoms with Crippen LogP contribution in [0, 0.1) is 0 Å². The molecule has 36 heavy (non-hydrogen) atoms. The third-order valence-electron chi connectivity index (χ3n) is 7.87. The monoisotopic (exact) mass is 508 g/mol. The number of aliphatic hydroxyl groups is 1. The lowest BCUT2D eigenvalue weighted by molar-refractivity contribution is 0.0565. The molecule has 1 aliphatic carbocycles. The minimum atomic E-state index is -1.75. The van der Waals surface area contributed by atoms with Crippen LogP contribution in [0.15, 0.2) is 53.9 Å². The van der Waals surface area contributed by atoms with Crippen molar-refractivity contribution in [1.29, 1.82) is 0 Å². The number of aliphatic imine (C=N–C) groups is 1. The predicted molar refractivity (Wildman–Crippen MR) is 146 cm³/mol. The molecule has 1 aliphatic heterocycles. The Labute approximate surface area is 216 Å². The maximum atomic E-state index is 10.5. The first kappa shape index (κ1) is 26.5. The van der Waals surface area contributed by atoms with Gasteiger partial charge in [0.15, 0.2) is 14.5 Å². The van der Waals surface area contributed by atoms with E-state index in [0.29, 0.717) is 29.9 Å². The first-order valence-electron chi connectivity index (χ1n) is 12.9. The fraction of sp³-hybridized carbons (Fsp3) is 0.536. The highest BCUT2D eigenvalue weighted by atomic mass is 28.4. The number of rotatable bonds is 6. The van der Waals surface area contributed by atoms with Crippen LogP contribution in [0.1, 0.15) is 69.2 Å². The van der Waals surface area contributed by atoms with Crippen molar-refractivity contribution < 1.29 is 14.3 Å². The van der Waals surface area contributed by atoms with Crippen molar-refractivity contribution in [2.75, 3.05) is 7.05 Å². The van der Waals surface area contributed by atoms with Gasteiger partial charge in [-0.05, 0) is 73.0 Å². The number of benzene rings is 1. The lowest BCUT2D eigenvalue weighted by Crippen LogP contribution is -2.41. The van der Waals surface area contributed by atoms with Gasteiger partial charge in [0, 0.05) is 13.2 Å². The van der Waals surface area contributed by atoms with E-state index in [1.807, 2.05) is 0 Å². The zero-order valence-electron chi connectivity index (χ0n) is 22.4. The lowest BCUT2D eigenvalue weighted by Gasteiger charge is -2.36. The van der Waals surface area contributed by atoms with E-state index in [1.165, 1.54) is 17.5 Å². The highest BCUT2D eigenvalue weighted by Crippen LogP contribution is 2.38. The number of likely N-dealkylation sites (N-methyl/N-ethyl adjacent to an activating group) is 1. The van der Waals surface area contributed by atoms with Crippen molar-refractivity contribution in [3.05, 3.63) is 65.8 Å². The van der Waals surface area contributed by atoms with E-state index in [0.717, 1.165) is 25.7 Å². The molecule has 0 amide bonds. The van der Waals surface area contributed by atoms with Crippen LogP contribution in [0.3, 0.4) is 0 Å². The van der Waals surface area contributed by atoms with Crippen molar-refractivity contribution in [3.63, 3.8) is 0 Å². The maximum Gasteiger partial charge on any atom is 0.294 e. The Morgan fingerprint density at radius 2 is 1.75 bits per heavy atom. The molecule has 0 spiro atoms. The van der Waals surface area contributed by atoms with Gasteiger partial charge in [-0.25, -0.2) is 9.97 Å². The Bertz CT molecular complexity index is 1070. The van der Waals surface area contributed by atoms with Gasteiger partial charge in [0.2, 0.25) is 0 Å². The van der Waals surface area contributed by atoms with Gasteiger partial charge in [-0.2, -0.15) is 4.99 Å². The number of ether oxygens (including phenoxy) is 1. The average Bonchev–Trinajstić information content (AvgIpc) is 2.86. The molecule has 0 radical (unpaired) electrons. The standard InChI is InChI=1S/C28H40N4O3Si/c1-28(2,3)36(5,6)34-18-20-7-9-21(10-8-20)22-11-13-23(14-12-22)35-27-31-25(17-26(33)32(27)4)24-15-16-29-19-30-24/h7-10,15-17,19,22-23,26,33H,11-14,18H2,1-6H3. The fourth-order valence-corrected chi connectivity index (χ4v) is 5.27. The van der Waals surface area contributed by atoms with Crippen molar-refractivity contribution in [1.82, 2.24) is 14.9 Å². The van der Waals surface area contributed by atoms with Gasteiger partial charge in [-0.3, -0.25) is 0 Å². The smallest absolute Gasteiger partial charge is 0.294 e. The quantitative estimate of drug-likeness (QED) is 0.504. The van der Waals surface area contributed by atoms with E-state index < -0.39 is 14.5 Å². The fourth-order valence-electron chi connectivity index (χ4n) is 4.31. The number of nitrogens with zero attached hydrogens (tertiary/aromatic N) is 4. The number of aliphatic hydroxyl groups excluding tert-OH is 1. The Morgan fingerprint density at radius 3 is 2.36 bits per heavy atom. The SMILES string of the molecule is CN1C(OC2CCC(c3ccc(CO[Si](C)(C)C(C)(C)C)cc3)CC2)=NC(c2ccncn2)=CC1O. The van der Waals surface area contributed by atoms with Crippen LogP contribution in [0.25, 0.3) is 5.70 Å². The van der Waals surface area contributed by atoms with E-state index in [9.17, 15) is 5.11 Å². The highest BCUT2D eigenvalue weighted by molar-refractivity contribution is 6.74. The second-order valence-corrected chi connectivity index (χ2v) is 16.3. The summed E-state index contributed by atoms with van der Waals surface area (Å²) in [5, 5.41) is 10.7. The molecule has 1 N–H and O–H groups in total. The molecule has 194 valence electrons. The minimum absolute atomic E-state index is 0.0802. The summed E-state index contributed by atoms with van der Waals surface area (Å²) < 4.78 is 12.7. The largest absolute Gasteiger partial charge is 0.462 e. The maximum absolute atomic E-state index is 10.5. The summed E-state index contributed by atoms with van der Waals surface area (Å²) in [6.45, 7) is 12.1. The summed E-state index contributed by atoms with van der Waals surface area (Å²) in [5.74, 6) is 0.535. The molecule has 2 aliphatic rings. The van der Waals surface area contributed by atoms with Gasteiger partial charge >= 0.3 is 0 Å². The summed E-state index contributed by atoms with van der Waals surface area (Å²) in [5.41, 5.74) is 3.90. The van der Waals surface area contributed by atoms with E-state index in [-0.39, 0.29) is 11.1 Å². The molecule has 1 saturated carbocycles. The number of amidine groups is 1. The lowest BCUT2D eigenvalue weighted by atomic mass is 9.82. The molecule has 2 heterocycles. The number of hydrogen-bond acceptors (Lipinski definition) is 7. The van der Waals surface area contributed by atoms with Crippen LogP contribution < -0.4 is 0 Å². The summed E-state index contributed by atoms with van der Waals surface area (Å²) in [6.07, 6.45) is 8.14. The molecule has 0 saturated heterocycles. The normalized spacial score (nSPS) is 23.2. The number of hydrogen-bond donors (Lipinski definition) is 1. The molecule has 4 rings (SSSR count). The van der Waals surface area contributed by atoms with E-state index >= 15 is 0 Å².